The summed E-state index contributed by atoms with van der Waals surface area (Å²) in [5, 5.41) is 8.99. The molecule has 0 saturated heterocycles. The van der Waals surface area contributed by atoms with E-state index in [1.54, 1.807) is 22.7 Å². The molecule has 2 heterocycles. The van der Waals surface area contributed by atoms with E-state index in [1.807, 2.05) is 36.8 Å². The van der Waals surface area contributed by atoms with Crippen LogP contribution in [0.5, 0.6) is 0 Å². The van der Waals surface area contributed by atoms with Crippen LogP contribution in [-0.4, -0.2) is 31.1 Å². The Labute approximate surface area is 96.6 Å². The Balaban J connectivity index is 2.28. The zero-order valence-electron chi connectivity index (χ0n) is 8.81. The maximum absolute atomic E-state index is 4.49. The van der Waals surface area contributed by atoms with Crippen LogP contribution < -0.4 is 10.2 Å². The Bertz CT molecular complexity index is 446. The summed E-state index contributed by atoms with van der Waals surface area (Å²) in [7, 11) is 5.85. The lowest BCUT2D eigenvalue weighted by atomic mass is 10.4. The fraction of sp³-hybridized carbons (Fsp3) is 0.333. The number of hydrogen-bond acceptors (Lipinski definition) is 6. The number of rotatable bonds is 3. The van der Waals surface area contributed by atoms with Crippen molar-refractivity contribution in [2.45, 2.75) is 0 Å². The van der Waals surface area contributed by atoms with Gasteiger partial charge in [-0.1, -0.05) is 0 Å². The van der Waals surface area contributed by atoms with Crippen LogP contribution in [-0.2, 0) is 0 Å². The molecule has 0 aliphatic carbocycles. The first kappa shape index (κ1) is 10.4. The third-order valence-corrected chi connectivity index (χ3v) is 3.72. The fourth-order valence-corrected chi connectivity index (χ4v) is 2.51. The van der Waals surface area contributed by atoms with Crippen LogP contribution >= 0.6 is 22.7 Å². The van der Waals surface area contributed by atoms with Crippen LogP contribution in [0.15, 0.2) is 10.8 Å². The summed E-state index contributed by atoms with van der Waals surface area (Å²) >= 11 is 3.22. The van der Waals surface area contributed by atoms with Crippen molar-refractivity contribution in [3.63, 3.8) is 0 Å². The van der Waals surface area contributed by atoms with Gasteiger partial charge in [-0.3, -0.25) is 0 Å². The predicted molar refractivity (Wildman–Crippen MR) is 67.1 cm³/mol. The summed E-state index contributed by atoms with van der Waals surface area (Å²) in [5.41, 5.74) is 1.88. The topological polar surface area (TPSA) is 41.1 Å². The molecular formula is C9H12N4S2. The van der Waals surface area contributed by atoms with Crippen LogP contribution in [0.1, 0.15) is 0 Å². The highest BCUT2D eigenvalue weighted by molar-refractivity contribution is 7.14. The average molecular weight is 240 g/mol. The number of nitrogens with zero attached hydrogens (tertiary/aromatic N) is 3. The summed E-state index contributed by atoms with van der Waals surface area (Å²) in [6.45, 7) is 0. The number of aromatic nitrogens is 2. The van der Waals surface area contributed by atoms with E-state index < -0.39 is 0 Å². The molecule has 2 aromatic heterocycles. The first-order chi connectivity index (χ1) is 7.20. The molecule has 0 radical (unpaired) electrons. The minimum absolute atomic E-state index is 0.921. The molecule has 1 N–H and O–H groups in total. The van der Waals surface area contributed by atoms with Crippen molar-refractivity contribution in [2.24, 2.45) is 0 Å². The van der Waals surface area contributed by atoms with Gasteiger partial charge in [-0.05, 0) is 0 Å². The van der Waals surface area contributed by atoms with Crippen molar-refractivity contribution >= 4 is 32.9 Å². The number of anilines is 2. The summed E-state index contributed by atoms with van der Waals surface area (Å²) < 4.78 is 0. The van der Waals surface area contributed by atoms with E-state index in [2.05, 4.69) is 15.3 Å². The molecule has 0 unspecified atom stereocenters. The molecule has 0 fully saturated rings. The Morgan fingerprint density at radius 1 is 1.13 bits per heavy atom. The van der Waals surface area contributed by atoms with Crippen molar-refractivity contribution in [3.8, 4) is 11.4 Å². The monoisotopic (exact) mass is 240 g/mol. The van der Waals surface area contributed by atoms with E-state index in [0.29, 0.717) is 0 Å². The van der Waals surface area contributed by atoms with E-state index in [-0.39, 0.29) is 0 Å². The summed E-state index contributed by atoms with van der Waals surface area (Å²) in [6.07, 6.45) is 0. The van der Waals surface area contributed by atoms with Gasteiger partial charge in [0, 0.05) is 31.9 Å². The minimum Gasteiger partial charge on any atom is -0.365 e. The number of hydrogen-bond donors (Lipinski definition) is 1. The van der Waals surface area contributed by atoms with Crippen LogP contribution in [0.3, 0.4) is 0 Å². The summed E-state index contributed by atoms with van der Waals surface area (Å²) in [4.78, 5) is 10.9. The Morgan fingerprint density at radius 3 is 2.33 bits per heavy atom. The van der Waals surface area contributed by atoms with Gasteiger partial charge in [0.15, 0.2) is 10.3 Å². The van der Waals surface area contributed by atoms with Gasteiger partial charge >= 0.3 is 0 Å². The van der Waals surface area contributed by atoms with Gasteiger partial charge in [0.25, 0.3) is 0 Å². The van der Waals surface area contributed by atoms with Crippen molar-refractivity contribution in [3.05, 3.63) is 10.8 Å². The standard InChI is InChI=1S/C9H12N4S2/c1-10-8-11-6(4-14-8)7-5-15-9(12-7)13(2)3/h4-5H,1-3H3,(H,10,11). The van der Waals surface area contributed by atoms with Gasteiger partial charge in [0.05, 0.1) is 0 Å². The molecule has 6 heteroatoms. The smallest absolute Gasteiger partial charge is 0.185 e. The largest absolute Gasteiger partial charge is 0.365 e. The SMILES string of the molecule is CNc1nc(-c2csc(N(C)C)n2)cs1. The predicted octanol–water partition coefficient (Wildman–Crippen LogP) is 2.37. The molecule has 0 amide bonds. The van der Waals surface area contributed by atoms with Gasteiger partial charge in [-0.25, -0.2) is 9.97 Å². The van der Waals surface area contributed by atoms with E-state index in [9.17, 15) is 0 Å². The molecule has 15 heavy (non-hydrogen) atoms. The van der Waals surface area contributed by atoms with Crippen LogP contribution in [0.25, 0.3) is 11.4 Å². The number of thiazole rings is 2. The Kier molecular flexibility index (Phi) is 2.88. The normalized spacial score (nSPS) is 10.3. The molecule has 2 rings (SSSR count). The minimum atomic E-state index is 0.921. The van der Waals surface area contributed by atoms with Gasteiger partial charge in [-0.15, -0.1) is 22.7 Å². The van der Waals surface area contributed by atoms with Crippen molar-refractivity contribution in [1.29, 1.82) is 0 Å². The second kappa shape index (κ2) is 4.16. The van der Waals surface area contributed by atoms with E-state index >= 15 is 0 Å². The molecule has 0 spiro atoms. The van der Waals surface area contributed by atoms with Gasteiger partial charge in [-0.2, -0.15) is 0 Å². The third-order valence-electron chi connectivity index (χ3n) is 1.86. The maximum Gasteiger partial charge on any atom is 0.185 e. The van der Waals surface area contributed by atoms with Gasteiger partial charge in [0.1, 0.15) is 11.4 Å². The summed E-state index contributed by atoms with van der Waals surface area (Å²) in [6, 6.07) is 0. The average Bonchev–Trinajstić information content (AvgIpc) is 2.86. The summed E-state index contributed by atoms with van der Waals surface area (Å²) in [5.74, 6) is 0. The zero-order valence-corrected chi connectivity index (χ0v) is 10.4. The molecular weight excluding hydrogens is 228 g/mol. The van der Waals surface area contributed by atoms with Crippen molar-refractivity contribution < 1.29 is 0 Å². The second-order valence-electron chi connectivity index (χ2n) is 3.20. The lowest BCUT2D eigenvalue weighted by molar-refractivity contribution is 1.10. The highest BCUT2D eigenvalue weighted by Crippen LogP contribution is 2.28. The second-order valence-corrected chi connectivity index (χ2v) is 4.89. The van der Waals surface area contributed by atoms with Crippen LogP contribution in [0, 0.1) is 0 Å². The fourth-order valence-electron chi connectivity index (χ4n) is 1.09. The number of nitrogens with one attached hydrogen (secondary N) is 1. The molecule has 0 saturated carbocycles. The highest BCUT2D eigenvalue weighted by Gasteiger charge is 2.08. The molecule has 4 nitrogen and oxygen atoms in total. The molecule has 0 aromatic carbocycles. The molecule has 0 bridgehead atoms. The molecule has 2 aromatic rings. The third kappa shape index (κ3) is 2.10. The van der Waals surface area contributed by atoms with Gasteiger partial charge in [0.2, 0.25) is 0 Å². The quantitative estimate of drug-likeness (QED) is 0.894. The molecule has 0 aliphatic heterocycles. The van der Waals surface area contributed by atoms with Crippen molar-refractivity contribution in [2.75, 3.05) is 31.4 Å². The molecule has 80 valence electrons. The van der Waals surface area contributed by atoms with E-state index in [1.165, 1.54) is 0 Å². The van der Waals surface area contributed by atoms with E-state index in [0.717, 1.165) is 21.7 Å². The lowest BCUT2D eigenvalue weighted by Crippen LogP contribution is -2.07. The van der Waals surface area contributed by atoms with Crippen LogP contribution in [0.2, 0.25) is 0 Å². The zero-order chi connectivity index (χ0) is 10.8. The van der Waals surface area contributed by atoms with Crippen molar-refractivity contribution in [1.82, 2.24) is 9.97 Å². The lowest BCUT2D eigenvalue weighted by Gasteiger charge is -2.05. The van der Waals surface area contributed by atoms with Crippen LogP contribution in [0.4, 0.5) is 10.3 Å². The highest BCUT2D eigenvalue weighted by atomic mass is 32.1. The van der Waals surface area contributed by atoms with E-state index in [4.69, 9.17) is 0 Å². The Morgan fingerprint density at radius 2 is 1.80 bits per heavy atom. The van der Waals surface area contributed by atoms with Gasteiger partial charge < -0.3 is 10.2 Å². The Hall–Kier alpha value is -1.14. The first-order valence-electron chi connectivity index (χ1n) is 4.47. The first-order valence-corrected chi connectivity index (χ1v) is 6.23. The molecule has 0 aliphatic rings. The molecule has 0 atom stereocenters. The maximum atomic E-state index is 4.49.